The van der Waals surface area contributed by atoms with Gasteiger partial charge in [0.15, 0.2) is 0 Å². The number of carbonyl (C=O) groups excluding carboxylic acids is 7. The summed E-state index contributed by atoms with van der Waals surface area (Å²) < 4.78 is 11.9. The maximum atomic E-state index is 12.4. The van der Waals surface area contributed by atoms with Crippen LogP contribution in [0.2, 0.25) is 0 Å². The molecule has 0 aliphatic rings. The summed E-state index contributed by atoms with van der Waals surface area (Å²) in [6.45, 7) is 5.60. The second-order valence-electron chi connectivity index (χ2n) is 7.82. The fraction of sp³-hybridized carbons (Fsp3) is 0.591. The fourth-order valence-corrected chi connectivity index (χ4v) is 2.63. The average Bonchev–Trinajstić information content (AvgIpc) is 2.84. The molecule has 5 atom stereocenters. The number of aldehydes is 1. The predicted molar refractivity (Wildman–Crippen MR) is 136 cm³/mol. The first-order valence-corrected chi connectivity index (χ1v) is 11.8. The molecule has 39 heavy (non-hydrogen) atoms. The fourth-order valence-electron chi connectivity index (χ4n) is 2.55. The Balaban J connectivity index is -0.00000684. The molecule has 0 saturated carbocycles. The number of aliphatic imine (C=N–C) groups is 1. The number of nitrogens with two attached hydrogens (primary N) is 1. The van der Waals surface area contributed by atoms with Gasteiger partial charge in [-0.05, 0) is 26.7 Å². The van der Waals surface area contributed by atoms with Crippen LogP contribution in [-0.4, -0.2) is 84.1 Å². The number of thiol groups is 1. The number of carbonyl (C=O) groups is 6. The smallest absolute Gasteiger partial charge is 0.316 e. The molecular formula is C22H34N6O8SUV-2. The van der Waals surface area contributed by atoms with Crippen molar-refractivity contribution in [2.45, 2.75) is 76.4 Å². The molecule has 0 bridgehead atoms. The SMILES string of the molecule is [3H]C(=O)C(C)NC(=O)C(CC(=O)OC(N)=NCCCC(NC(=O)[CH-]C)C(=O)NC(C)[C-]=O)NC(=O)C(C)S.[U].[V]. The molecule has 0 heterocycles. The van der Waals surface area contributed by atoms with Crippen LogP contribution < -0.4 is 27.0 Å². The number of nitrogens with zero attached hydrogens (tertiary/aromatic N) is 1. The van der Waals surface area contributed by atoms with Gasteiger partial charge in [0, 0.05) is 56.2 Å². The largest absolute Gasteiger partial charge is 0.540 e. The number of esters is 1. The van der Waals surface area contributed by atoms with Gasteiger partial charge in [0.05, 0.1) is 23.6 Å². The van der Waals surface area contributed by atoms with Crippen LogP contribution in [0.25, 0.3) is 0 Å². The van der Waals surface area contributed by atoms with E-state index in [1.807, 2.05) is 0 Å². The van der Waals surface area contributed by atoms with E-state index < -0.39 is 77.7 Å². The van der Waals surface area contributed by atoms with E-state index in [0.717, 1.165) is 0 Å². The quantitative estimate of drug-likeness (QED) is 0.0190. The van der Waals surface area contributed by atoms with Crippen LogP contribution in [0, 0.1) is 37.5 Å². The van der Waals surface area contributed by atoms with Crippen molar-refractivity contribution in [3.8, 4) is 0 Å². The number of hydrogen-bond acceptors (Lipinski definition) is 10. The molecule has 0 aromatic carbocycles. The first-order chi connectivity index (χ1) is 17.7. The molecule has 4 amide bonds. The van der Waals surface area contributed by atoms with E-state index in [-0.39, 0.29) is 69.1 Å². The average molecular weight is 834 g/mol. The molecule has 0 aliphatic carbocycles. The second kappa shape index (κ2) is 22.8. The van der Waals surface area contributed by atoms with Crippen molar-refractivity contribution in [3.63, 3.8) is 0 Å². The summed E-state index contributed by atoms with van der Waals surface area (Å²) in [4.78, 5) is 86.2. The predicted octanol–water partition coefficient (Wildman–Crippen LogP) is -2.16. The summed E-state index contributed by atoms with van der Waals surface area (Å²) in [5, 5.41) is 8.56. The van der Waals surface area contributed by atoms with E-state index in [1.54, 1.807) is 6.29 Å². The molecular weight excluding hydrogens is 797 g/mol. The number of amidine groups is 1. The molecule has 1 radical (unpaired) electrons. The molecule has 14 nitrogen and oxygen atoms in total. The molecule has 0 rings (SSSR count). The molecule has 0 saturated heterocycles. The Morgan fingerprint density at radius 2 is 1.67 bits per heavy atom. The molecule has 217 valence electrons. The van der Waals surface area contributed by atoms with Crippen molar-refractivity contribution >= 4 is 60.8 Å². The Labute approximate surface area is 270 Å². The summed E-state index contributed by atoms with van der Waals surface area (Å²) in [5.74, 6) is -3.68. The van der Waals surface area contributed by atoms with E-state index in [0.29, 0.717) is 0 Å². The number of nitrogens with one attached hydrogen (secondary N) is 4. The van der Waals surface area contributed by atoms with Gasteiger partial charge in [-0.2, -0.15) is 19.6 Å². The third kappa shape index (κ3) is 18.9. The van der Waals surface area contributed by atoms with Crippen LogP contribution in [0.15, 0.2) is 4.99 Å². The van der Waals surface area contributed by atoms with Gasteiger partial charge in [-0.25, -0.2) is 11.3 Å². The molecule has 5 unspecified atom stereocenters. The Kier molecular flexibility index (Phi) is 22.9. The third-order valence-electron chi connectivity index (χ3n) is 4.49. The summed E-state index contributed by atoms with van der Waals surface area (Å²) in [5.41, 5.74) is 5.60. The van der Waals surface area contributed by atoms with Gasteiger partial charge in [-0.1, -0.05) is 13.0 Å². The molecule has 0 aliphatic heterocycles. The van der Waals surface area contributed by atoms with Crippen molar-refractivity contribution in [1.82, 2.24) is 21.3 Å². The van der Waals surface area contributed by atoms with Crippen LogP contribution in [0.5, 0.6) is 0 Å². The summed E-state index contributed by atoms with van der Waals surface area (Å²) in [6, 6.07) is -5.01. The van der Waals surface area contributed by atoms with E-state index in [4.69, 9.17) is 11.8 Å². The van der Waals surface area contributed by atoms with Crippen molar-refractivity contribution in [2.75, 3.05) is 6.54 Å². The normalized spacial score (nSPS) is 14.6. The van der Waals surface area contributed by atoms with Crippen LogP contribution in [0.3, 0.4) is 0 Å². The molecule has 6 N–H and O–H groups in total. The van der Waals surface area contributed by atoms with Gasteiger partial charge in [0.25, 0.3) is 6.02 Å². The van der Waals surface area contributed by atoms with E-state index in [9.17, 15) is 33.6 Å². The van der Waals surface area contributed by atoms with Crippen LogP contribution >= 0.6 is 12.6 Å². The van der Waals surface area contributed by atoms with Crippen molar-refractivity contribution in [1.29, 1.82) is 0 Å². The molecule has 0 aromatic heterocycles. The molecule has 0 aromatic rings. The number of hydrogen-bond donors (Lipinski definition) is 6. The van der Waals surface area contributed by atoms with Crippen molar-refractivity contribution in [2.24, 2.45) is 10.7 Å². The first kappa shape index (κ1) is 39.2. The van der Waals surface area contributed by atoms with Gasteiger partial charge < -0.3 is 52.5 Å². The molecule has 0 fully saturated rings. The zero-order valence-corrected chi connectivity index (χ0v) is 28.4. The number of rotatable bonds is 16. The Bertz CT molecular complexity index is 930. The van der Waals surface area contributed by atoms with Crippen LogP contribution in [0.1, 0.15) is 48.3 Å². The molecule has 17 heteroatoms. The summed E-state index contributed by atoms with van der Waals surface area (Å²) in [6.07, 6.45) is 1.43. The summed E-state index contributed by atoms with van der Waals surface area (Å²) in [7, 11) is 0. The minimum absolute atomic E-state index is 0. The van der Waals surface area contributed by atoms with Crippen molar-refractivity contribution in [3.05, 3.63) is 6.42 Å². The van der Waals surface area contributed by atoms with Gasteiger partial charge >= 0.3 is 5.97 Å². The second-order valence-corrected chi connectivity index (χ2v) is 8.60. The topological polar surface area (TPSA) is 215 Å². The van der Waals surface area contributed by atoms with E-state index in [1.165, 1.54) is 34.1 Å². The summed E-state index contributed by atoms with van der Waals surface area (Å²) >= 11 is 3.95. The van der Waals surface area contributed by atoms with Crippen molar-refractivity contribution < 1.29 is 89.3 Å². The zero-order valence-electron chi connectivity index (χ0n) is 23.0. The molecule has 0 spiro atoms. The Morgan fingerprint density at radius 1 is 1.08 bits per heavy atom. The number of ether oxygens (including phenoxy) is 1. The van der Waals surface area contributed by atoms with E-state index >= 15 is 0 Å². The van der Waals surface area contributed by atoms with E-state index in [2.05, 4.69) is 38.9 Å². The van der Waals surface area contributed by atoms with Gasteiger partial charge in [-0.3, -0.25) is 19.2 Å². The van der Waals surface area contributed by atoms with Crippen LogP contribution in [0.4, 0.5) is 0 Å². The van der Waals surface area contributed by atoms with Gasteiger partial charge in [-0.15, -0.1) is 0 Å². The monoisotopic (exact) mass is 833 g/mol. The maximum absolute atomic E-state index is 12.4. The Morgan fingerprint density at radius 3 is 2.18 bits per heavy atom. The van der Waals surface area contributed by atoms with Gasteiger partial charge in [0.1, 0.15) is 19.7 Å². The standard InChI is InChI=1S/C22H34N6O8S.U.V/c1-5-17(31)27-15(20(34)25-12(2)10-29)7-6-8-24-22(23)36-18(32)9-16(28-19(33)14(4)37)21(35)26-13(3)11-30;;/h5,11-16,37H,6-9H2,1-4H3,(H2,23,24)(H,25,34)(H,26,35)(H,27,31)(H,28,33);;/q-2;;/i11T;;. The first-order valence-electron chi connectivity index (χ1n) is 11.8. The number of amides is 4. The Hall–Kier alpha value is -1.98. The third-order valence-corrected chi connectivity index (χ3v) is 4.72. The van der Waals surface area contributed by atoms with Gasteiger partial charge in [0.2, 0.25) is 17.7 Å². The minimum Gasteiger partial charge on any atom is -0.540 e. The zero-order chi connectivity index (χ0) is 29.4. The minimum atomic E-state index is -1.44. The maximum Gasteiger partial charge on any atom is 0.316 e. The van der Waals surface area contributed by atoms with Crippen LogP contribution in [-0.2, 0) is 56.9 Å².